The Morgan fingerprint density at radius 2 is 1.81 bits per heavy atom. The molecular formula is C24H25ClN4OS. The Hall–Kier alpha value is -2.67. The van der Waals surface area contributed by atoms with E-state index in [-0.39, 0.29) is 18.2 Å². The number of likely N-dealkylation sites (tertiary alicyclic amines) is 1. The SMILES string of the molecule is Cl.Oc1cccc(Nc2ncnc3cc(-c4cccc(CN5CCCCC5)c4)sc23)c1. The molecule has 31 heavy (non-hydrogen) atoms. The standard InChI is InChI=1S/C24H24N4OS.ClH/c29-20-9-5-8-19(13-20)27-24-23-21(25-16-26-24)14-22(30-23)18-7-4-6-17(12-18)15-28-10-2-1-3-11-28;/h4-9,12-14,16,29H,1-3,10-11,15H2,(H,25,26,27);1H. The van der Waals surface area contributed by atoms with E-state index in [1.807, 2.05) is 12.1 Å². The van der Waals surface area contributed by atoms with Gasteiger partial charge in [0.25, 0.3) is 0 Å². The fourth-order valence-electron chi connectivity index (χ4n) is 4.00. The van der Waals surface area contributed by atoms with Crippen LogP contribution in [0, 0.1) is 0 Å². The van der Waals surface area contributed by atoms with Crippen molar-refractivity contribution in [3.05, 3.63) is 66.5 Å². The molecule has 0 spiro atoms. The predicted octanol–water partition coefficient (Wildman–Crippen LogP) is 6.22. The Morgan fingerprint density at radius 1 is 0.968 bits per heavy atom. The second kappa shape index (κ2) is 9.64. The van der Waals surface area contributed by atoms with E-state index in [0.717, 1.165) is 28.3 Å². The molecule has 0 saturated carbocycles. The van der Waals surface area contributed by atoms with Crippen LogP contribution in [0.3, 0.4) is 0 Å². The lowest BCUT2D eigenvalue weighted by Crippen LogP contribution is -2.29. The number of rotatable bonds is 5. The largest absolute Gasteiger partial charge is 0.508 e. The summed E-state index contributed by atoms with van der Waals surface area (Å²) in [6.45, 7) is 3.42. The molecule has 0 bridgehead atoms. The normalized spacial score (nSPS) is 14.3. The highest BCUT2D eigenvalue weighted by Crippen LogP contribution is 2.37. The van der Waals surface area contributed by atoms with Gasteiger partial charge in [0.05, 0.1) is 10.2 Å². The lowest BCUT2D eigenvalue weighted by atomic mass is 10.1. The number of fused-ring (bicyclic) bond motifs is 1. The number of thiophene rings is 1. The number of anilines is 2. The fourth-order valence-corrected chi connectivity index (χ4v) is 5.06. The Balaban J connectivity index is 0.00000231. The van der Waals surface area contributed by atoms with Crippen LogP contribution in [0.15, 0.2) is 60.9 Å². The van der Waals surface area contributed by atoms with E-state index in [4.69, 9.17) is 0 Å². The minimum Gasteiger partial charge on any atom is -0.508 e. The average molecular weight is 453 g/mol. The van der Waals surface area contributed by atoms with E-state index >= 15 is 0 Å². The molecule has 0 amide bonds. The Morgan fingerprint density at radius 3 is 2.65 bits per heavy atom. The zero-order valence-electron chi connectivity index (χ0n) is 17.1. The average Bonchev–Trinajstić information content (AvgIpc) is 3.20. The number of aromatic nitrogens is 2. The van der Waals surface area contributed by atoms with Gasteiger partial charge in [0.2, 0.25) is 0 Å². The van der Waals surface area contributed by atoms with E-state index in [1.54, 1.807) is 29.8 Å². The molecule has 0 aliphatic carbocycles. The molecule has 7 heteroatoms. The summed E-state index contributed by atoms with van der Waals surface area (Å²) in [4.78, 5) is 12.6. The molecule has 1 aliphatic rings. The topological polar surface area (TPSA) is 61.3 Å². The van der Waals surface area contributed by atoms with E-state index in [1.165, 1.54) is 48.4 Å². The maximum absolute atomic E-state index is 9.73. The van der Waals surface area contributed by atoms with Crippen molar-refractivity contribution in [2.45, 2.75) is 25.8 Å². The van der Waals surface area contributed by atoms with Crippen molar-refractivity contribution in [2.24, 2.45) is 0 Å². The van der Waals surface area contributed by atoms with Gasteiger partial charge >= 0.3 is 0 Å². The van der Waals surface area contributed by atoms with Crippen molar-refractivity contribution in [3.63, 3.8) is 0 Å². The molecule has 0 atom stereocenters. The third-order valence-electron chi connectivity index (χ3n) is 5.49. The summed E-state index contributed by atoms with van der Waals surface area (Å²) < 4.78 is 1.01. The predicted molar refractivity (Wildman–Crippen MR) is 131 cm³/mol. The number of nitrogens with one attached hydrogen (secondary N) is 1. The zero-order valence-corrected chi connectivity index (χ0v) is 18.8. The van der Waals surface area contributed by atoms with Gasteiger partial charge in [-0.25, -0.2) is 9.97 Å². The van der Waals surface area contributed by atoms with Gasteiger partial charge in [0.15, 0.2) is 5.82 Å². The molecule has 1 aliphatic heterocycles. The Labute approximate surface area is 192 Å². The van der Waals surface area contributed by atoms with Crippen molar-refractivity contribution in [2.75, 3.05) is 18.4 Å². The minimum atomic E-state index is 0. The second-order valence-electron chi connectivity index (χ2n) is 7.76. The second-order valence-corrected chi connectivity index (χ2v) is 8.81. The van der Waals surface area contributed by atoms with Gasteiger partial charge in [-0.2, -0.15) is 0 Å². The quantitative estimate of drug-likeness (QED) is 0.376. The molecule has 3 heterocycles. The number of halogens is 1. The third-order valence-corrected chi connectivity index (χ3v) is 6.67. The lowest BCUT2D eigenvalue weighted by molar-refractivity contribution is 0.221. The van der Waals surface area contributed by atoms with Gasteiger partial charge in [-0.05, 0) is 61.3 Å². The monoisotopic (exact) mass is 452 g/mol. The highest BCUT2D eigenvalue weighted by molar-refractivity contribution is 7.22. The summed E-state index contributed by atoms with van der Waals surface area (Å²) in [5.74, 6) is 0.981. The summed E-state index contributed by atoms with van der Waals surface area (Å²) in [6.07, 6.45) is 5.56. The first-order valence-electron chi connectivity index (χ1n) is 10.4. The van der Waals surface area contributed by atoms with Gasteiger partial charge in [-0.3, -0.25) is 4.90 Å². The molecule has 1 saturated heterocycles. The molecule has 2 N–H and O–H groups in total. The van der Waals surface area contributed by atoms with Crippen LogP contribution in [0.25, 0.3) is 20.7 Å². The summed E-state index contributed by atoms with van der Waals surface area (Å²) in [5.41, 5.74) is 4.30. The number of benzene rings is 2. The van der Waals surface area contributed by atoms with Crippen molar-refractivity contribution in [3.8, 4) is 16.2 Å². The van der Waals surface area contributed by atoms with Crippen molar-refractivity contribution < 1.29 is 5.11 Å². The van der Waals surface area contributed by atoms with Crippen LogP contribution < -0.4 is 5.32 Å². The van der Waals surface area contributed by atoms with Crippen molar-refractivity contribution >= 4 is 45.5 Å². The molecule has 2 aromatic carbocycles. The smallest absolute Gasteiger partial charge is 0.151 e. The fraction of sp³-hybridized carbons (Fsp3) is 0.250. The van der Waals surface area contributed by atoms with Gasteiger partial charge in [0.1, 0.15) is 12.1 Å². The van der Waals surface area contributed by atoms with E-state index in [2.05, 4.69) is 50.5 Å². The molecule has 0 unspecified atom stereocenters. The number of aromatic hydroxyl groups is 1. The summed E-state index contributed by atoms with van der Waals surface area (Å²) in [5, 5.41) is 13.0. The number of nitrogens with zero attached hydrogens (tertiary/aromatic N) is 3. The highest BCUT2D eigenvalue weighted by atomic mass is 35.5. The summed E-state index contributed by atoms with van der Waals surface area (Å²) in [7, 11) is 0. The molecular weight excluding hydrogens is 428 g/mol. The first-order valence-corrected chi connectivity index (χ1v) is 11.2. The molecule has 5 nitrogen and oxygen atoms in total. The van der Waals surface area contributed by atoms with Gasteiger partial charge in [0, 0.05) is 23.2 Å². The van der Waals surface area contributed by atoms with Crippen LogP contribution in [-0.2, 0) is 6.54 Å². The van der Waals surface area contributed by atoms with E-state index < -0.39 is 0 Å². The van der Waals surface area contributed by atoms with Crippen LogP contribution in [0.5, 0.6) is 5.75 Å². The van der Waals surface area contributed by atoms with Gasteiger partial charge in [-0.15, -0.1) is 23.7 Å². The van der Waals surface area contributed by atoms with Crippen LogP contribution in [-0.4, -0.2) is 33.1 Å². The molecule has 2 aromatic heterocycles. The Kier molecular flexibility index (Phi) is 6.70. The summed E-state index contributed by atoms with van der Waals surface area (Å²) in [6, 6.07) is 18.0. The lowest BCUT2D eigenvalue weighted by Gasteiger charge is -2.26. The van der Waals surface area contributed by atoms with E-state index in [0.29, 0.717) is 0 Å². The highest BCUT2D eigenvalue weighted by Gasteiger charge is 2.13. The van der Waals surface area contributed by atoms with Gasteiger partial charge in [-0.1, -0.05) is 30.7 Å². The third kappa shape index (κ3) is 4.98. The van der Waals surface area contributed by atoms with Crippen LogP contribution in [0.2, 0.25) is 0 Å². The zero-order chi connectivity index (χ0) is 20.3. The van der Waals surface area contributed by atoms with Gasteiger partial charge < -0.3 is 10.4 Å². The number of phenols is 1. The van der Waals surface area contributed by atoms with Crippen molar-refractivity contribution in [1.29, 1.82) is 0 Å². The molecule has 5 rings (SSSR count). The molecule has 0 radical (unpaired) electrons. The molecule has 1 fully saturated rings. The number of phenolic OH excluding ortho intramolecular Hbond substituents is 1. The first-order chi connectivity index (χ1) is 14.7. The van der Waals surface area contributed by atoms with Crippen molar-refractivity contribution in [1.82, 2.24) is 14.9 Å². The first kappa shape index (κ1) is 21.6. The Bertz CT molecular complexity index is 1170. The number of hydrogen-bond acceptors (Lipinski definition) is 6. The van der Waals surface area contributed by atoms with Crippen LogP contribution in [0.4, 0.5) is 11.5 Å². The maximum Gasteiger partial charge on any atom is 0.151 e. The minimum absolute atomic E-state index is 0. The molecule has 160 valence electrons. The van der Waals surface area contributed by atoms with Crippen LogP contribution >= 0.6 is 23.7 Å². The summed E-state index contributed by atoms with van der Waals surface area (Å²) >= 11 is 1.69. The van der Waals surface area contributed by atoms with E-state index in [9.17, 15) is 5.11 Å². The number of hydrogen-bond donors (Lipinski definition) is 2. The molecule has 4 aromatic rings. The number of piperidine rings is 1. The maximum atomic E-state index is 9.73. The van der Waals surface area contributed by atoms with Crippen LogP contribution in [0.1, 0.15) is 24.8 Å².